The zero-order valence-corrected chi connectivity index (χ0v) is 14.6. The van der Waals surface area contributed by atoms with Gasteiger partial charge in [-0.25, -0.2) is 4.39 Å². The van der Waals surface area contributed by atoms with Crippen molar-refractivity contribution in [2.24, 2.45) is 0 Å². The number of amides is 1. The molecule has 3 rings (SSSR count). The number of nitrogens with one attached hydrogen (secondary N) is 1. The van der Waals surface area contributed by atoms with Gasteiger partial charge in [0.2, 0.25) is 17.6 Å². The van der Waals surface area contributed by atoms with Crippen LogP contribution in [0.15, 0.2) is 47.0 Å². The fourth-order valence-corrected chi connectivity index (χ4v) is 2.42. The molecule has 1 aromatic heterocycles. The lowest BCUT2D eigenvalue weighted by molar-refractivity contribution is -0.116. The number of anilines is 1. The van der Waals surface area contributed by atoms with Crippen LogP contribution in [-0.4, -0.2) is 23.2 Å². The van der Waals surface area contributed by atoms with Gasteiger partial charge in [-0.1, -0.05) is 22.8 Å². The van der Waals surface area contributed by atoms with Gasteiger partial charge in [0, 0.05) is 18.4 Å². The molecule has 1 heterocycles. The van der Waals surface area contributed by atoms with Crippen LogP contribution in [0.1, 0.15) is 12.3 Å². The second kappa shape index (κ2) is 7.97. The summed E-state index contributed by atoms with van der Waals surface area (Å²) in [6.07, 6.45) is 0.299. The molecule has 0 atom stereocenters. The molecule has 26 heavy (non-hydrogen) atoms. The van der Waals surface area contributed by atoms with E-state index in [9.17, 15) is 9.18 Å². The molecule has 0 saturated heterocycles. The second-order valence-electron chi connectivity index (χ2n) is 5.39. The van der Waals surface area contributed by atoms with Gasteiger partial charge in [-0.3, -0.25) is 4.79 Å². The monoisotopic (exact) mass is 375 g/mol. The summed E-state index contributed by atoms with van der Waals surface area (Å²) in [7, 11) is 1.59. The number of nitrogens with zero attached hydrogens (tertiary/aromatic N) is 2. The maximum absolute atomic E-state index is 13.8. The Morgan fingerprint density at radius 2 is 2.04 bits per heavy atom. The van der Waals surface area contributed by atoms with E-state index >= 15 is 0 Å². The number of carbonyl (C=O) groups is 1. The molecule has 0 fully saturated rings. The van der Waals surface area contributed by atoms with Crippen molar-refractivity contribution >= 4 is 23.2 Å². The van der Waals surface area contributed by atoms with E-state index in [1.54, 1.807) is 25.3 Å². The topological polar surface area (TPSA) is 77.2 Å². The molecule has 8 heteroatoms. The molecule has 0 unspecified atom stereocenters. The highest BCUT2D eigenvalue weighted by Gasteiger charge is 2.13. The molecule has 0 aliphatic carbocycles. The van der Waals surface area contributed by atoms with E-state index in [-0.39, 0.29) is 29.5 Å². The summed E-state index contributed by atoms with van der Waals surface area (Å²) in [5.74, 6) is 0.418. The normalized spacial score (nSPS) is 10.6. The van der Waals surface area contributed by atoms with Gasteiger partial charge >= 0.3 is 0 Å². The third kappa shape index (κ3) is 4.18. The van der Waals surface area contributed by atoms with Crippen molar-refractivity contribution in [2.75, 3.05) is 12.4 Å². The summed E-state index contributed by atoms with van der Waals surface area (Å²) < 4.78 is 24.0. The quantitative estimate of drug-likeness (QED) is 0.701. The van der Waals surface area contributed by atoms with Gasteiger partial charge in [-0.2, -0.15) is 4.98 Å². The number of benzene rings is 2. The number of hydrogen-bond donors (Lipinski definition) is 1. The van der Waals surface area contributed by atoms with E-state index in [1.165, 1.54) is 12.1 Å². The highest BCUT2D eigenvalue weighted by Crippen LogP contribution is 2.22. The lowest BCUT2D eigenvalue weighted by atomic mass is 10.2. The number of halogens is 2. The number of carbonyl (C=O) groups excluding carboxylic acids is 1. The molecule has 0 bridgehead atoms. The lowest BCUT2D eigenvalue weighted by Gasteiger charge is -2.06. The third-order valence-electron chi connectivity index (χ3n) is 3.61. The van der Waals surface area contributed by atoms with E-state index in [2.05, 4.69) is 15.5 Å². The molecule has 0 spiro atoms. The van der Waals surface area contributed by atoms with E-state index in [0.717, 1.165) is 11.3 Å². The van der Waals surface area contributed by atoms with Gasteiger partial charge in [0.05, 0.1) is 17.8 Å². The molecule has 0 aliphatic rings. The van der Waals surface area contributed by atoms with Crippen molar-refractivity contribution in [3.05, 3.63) is 59.2 Å². The maximum Gasteiger partial charge on any atom is 0.227 e. The number of rotatable bonds is 6. The first-order valence-corrected chi connectivity index (χ1v) is 8.15. The highest BCUT2D eigenvalue weighted by molar-refractivity contribution is 6.31. The van der Waals surface area contributed by atoms with E-state index in [0.29, 0.717) is 11.7 Å². The zero-order chi connectivity index (χ0) is 18.5. The molecule has 2 aromatic carbocycles. The maximum atomic E-state index is 13.8. The Bertz CT molecular complexity index is 912. The summed E-state index contributed by atoms with van der Waals surface area (Å²) in [5, 5.41) is 6.31. The first-order valence-electron chi connectivity index (χ1n) is 7.77. The summed E-state index contributed by atoms with van der Waals surface area (Å²) >= 11 is 5.68. The van der Waals surface area contributed by atoms with Crippen LogP contribution in [0.25, 0.3) is 11.4 Å². The molecule has 1 N–H and O–H groups in total. The summed E-state index contributed by atoms with van der Waals surface area (Å²) in [5.41, 5.74) is 0.804. The van der Waals surface area contributed by atoms with Gasteiger partial charge in [-0.15, -0.1) is 0 Å². The second-order valence-corrected chi connectivity index (χ2v) is 5.80. The average molecular weight is 376 g/mol. The Balaban J connectivity index is 1.59. The predicted octanol–water partition coefficient (Wildman–Crippen LogP) is 4.11. The van der Waals surface area contributed by atoms with E-state index in [4.69, 9.17) is 20.9 Å². The van der Waals surface area contributed by atoms with E-state index in [1.807, 2.05) is 12.1 Å². The first kappa shape index (κ1) is 17.9. The summed E-state index contributed by atoms with van der Waals surface area (Å²) in [6.45, 7) is 0. The summed E-state index contributed by atoms with van der Waals surface area (Å²) in [6, 6.07) is 11.6. The smallest absolute Gasteiger partial charge is 0.227 e. The molecule has 134 valence electrons. The average Bonchev–Trinajstić information content (AvgIpc) is 3.13. The largest absolute Gasteiger partial charge is 0.497 e. The van der Waals surface area contributed by atoms with Crippen LogP contribution in [0, 0.1) is 5.82 Å². The van der Waals surface area contributed by atoms with Gasteiger partial charge in [0.15, 0.2) is 5.82 Å². The molecular formula is C18H15ClFN3O3. The van der Waals surface area contributed by atoms with Crippen LogP contribution in [0.4, 0.5) is 10.1 Å². The number of aromatic nitrogens is 2. The third-order valence-corrected chi connectivity index (χ3v) is 3.90. The van der Waals surface area contributed by atoms with Gasteiger partial charge in [0.1, 0.15) is 5.75 Å². The number of methoxy groups -OCH3 is 1. The van der Waals surface area contributed by atoms with Gasteiger partial charge < -0.3 is 14.6 Å². The fourth-order valence-electron chi connectivity index (χ4n) is 2.25. The Labute approximate surface area is 153 Å². The van der Waals surface area contributed by atoms with Crippen LogP contribution in [0.3, 0.4) is 0 Å². The van der Waals surface area contributed by atoms with Crippen LogP contribution in [0.5, 0.6) is 5.75 Å². The van der Waals surface area contributed by atoms with Crippen molar-refractivity contribution in [1.29, 1.82) is 0 Å². The minimum atomic E-state index is -0.665. The molecule has 6 nitrogen and oxygen atoms in total. The Hall–Kier alpha value is -2.93. The summed E-state index contributed by atoms with van der Waals surface area (Å²) in [4.78, 5) is 16.2. The highest BCUT2D eigenvalue weighted by atomic mass is 35.5. The zero-order valence-electron chi connectivity index (χ0n) is 13.8. The van der Waals surface area contributed by atoms with Crippen molar-refractivity contribution in [3.63, 3.8) is 0 Å². The molecule has 1 amide bonds. The SMILES string of the molecule is COc1ccc(-c2noc(CCC(=O)Nc3cccc(Cl)c3F)n2)cc1. The van der Waals surface area contributed by atoms with Gasteiger partial charge in [0.25, 0.3) is 0 Å². The molecule has 0 radical (unpaired) electrons. The fraction of sp³-hybridized carbons (Fsp3) is 0.167. The number of hydrogen-bond acceptors (Lipinski definition) is 5. The number of aryl methyl sites for hydroxylation is 1. The Kier molecular flexibility index (Phi) is 5.48. The van der Waals surface area contributed by atoms with Crippen molar-refractivity contribution in [2.45, 2.75) is 12.8 Å². The Morgan fingerprint density at radius 1 is 1.27 bits per heavy atom. The first-order chi connectivity index (χ1) is 12.6. The van der Waals surface area contributed by atoms with Crippen molar-refractivity contribution < 1.29 is 18.4 Å². The minimum absolute atomic E-state index is 0.0342. The van der Waals surface area contributed by atoms with Gasteiger partial charge in [-0.05, 0) is 36.4 Å². The molecule has 0 aliphatic heterocycles. The van der Waals surface area contributed by atoms with Crippen molar-refractivity contribution in [1.82, 2.24) is 10.1 Å². The van der Waals surface area contributed by atoms with Crippen molar-refractivity contribution in [3.8, 4) is 17.1 Å². The number of ether oxygens (including phenoxy) is 1. The molecule has 3 aromatic rings. The van der Waals surface area contributed by atoms with Crippen LogP contribution >= 0.6 is 11.6 Å². The lowest BCUT2D eigenvalue weighted by Crippen LogP contribution is -2.13. The Morgan fingerprint density at radius 3 is 2.77 bits per heavy atom. The minimum Gasteiger partial charge on any atom is -0.497 e. The predicted molar refractivity (Wildman–Crippen MR) is 94.6 cm³/mol. The van der Waals surface area contributed by atoms with Crippen LogP contribution in [-0.2, 0) is 11.2 Å². The van der Waals surface area contributed by atoms with E-state index < -0.39 is 5.82 Å². The standard InChI is InChI=1S/C18H15ClFN3O3/c1-25-12-7-5-11(6-8-12)18-22-16(26-23-18)10-9-15(24)21-14-4-2-3-13(19)17(14)20/h2-8H,9-10H2,1H3,(H,21,24). The van der Waals surface area contributed by atoms with Crippen LogP contribution < -0.4 is 10.1 Å². The van der Waals surface area contributed by atoms with Crippen LogP contribution in [0.2, 0.25) is 5.02 Å². The molecular weight excluding hydrogens is 361 g/mol. The molecule has 0 saturated carbocycles.